The monoisotopic (exact) mass is 377 g/mol. The molecule has 2 fully saturated rings. The average Bonchev–Trinajstić information content (AvgIpc) is 2.64. The zero-order valence-electron chi connectivity index (χ0n) is 15.9. The number of carbonyl (C=O) groups excluding carboxylic acids is 1. The Hall–Kier alpha value is -1.10. The molecule has 5 heteroatoms. The van der Waals surface area contributed by atoms with Crippen LogP contribution in [0.25, 0.3) is 0 Å². The van der Waals surface area contributed by atoms with Gasteiger partial charge in [-0.25, -0.2) is 0 Å². The molecule has 1 amide bonds. The Labute approximate surface area is 162 Å². The van der Waals surface area contributed by atoms with Gasteiger partial charge in [-0.3, -0.25) is 4.79 Å². The molecule has 0 aromatic heterocycles. The van der Waals surface area contributed by atoms with Gasteiger partial charge in [-0.2, -0.15) is 0 Å². The SMILES string of the molecule is CC1CCN(CC2CCCN(CCC(=O)Nc3ccc(Cl)cc3)C2)CC1. The Morgan fingerprint density at radius 2 is 1.85 bits per heavy atom. The number of anilines is 1. The number of carbonyl (C=O) groups is 1. The number of halogens is 1. The number of likely N-dealkylation sites (tertiary alicyclic amines) is 2. The summed E-state index contributed by atoms with van der Waals surface area (Å²) < 4.78 is 0. The molecule has 0 radical (unpaired) electrons. The third-order valence-electron chi connectivity index (χ3n) is 5.78. The van der Waals surface area contributed by atoms with Crippen molar-refractivity contribution < 1.29 is 4.79 Å². The maximum atomic E-state index is 12.2. The van der Waals surface area contributed by atoms with Crippen LogP contribution < -0.4 is 5.32 Å². The predicted molar refractivity (Wildman–Crippen MR) is 109 cm³/mol. The van der Waals surface area contributed by atoms with Crippen molar-refractivity contribution >= 4 is 23.2 Å². The van der Waals surface area contributed by atoms with E-state index in [1.165, 1.54) is 45.3 Å². The van der Waals surface area contributed by atoms with E-state index in [4.69, 9.17) is 11.6 Å². The van der Waals surface area contributed by atoms with Gasteiger partial charge in [-0.15, -0.1) is 0 Å². The van der Waals surface area contributed by atoms with Crippen LogP contribution in [-0.4, -0.2) is 55.0 Å². The molecule has 1 aromatic rings. The number of hydrogen-bond donors (Lipinski definition) is 1. The second-order valence-corrected chi connectivity index (χ2v) is 8.53. The van der Waals surface area contributed by atoms with E-state index in [2.05, 4.69) is 22.0 Å². The van der Waals surface area contributed by atoms with E-state index in [-0.39, 0.29) is 5.91 Å². The summed E-state index contributed by atoms with van der Waals surface area (Å²) in [6.45, 7) is 9.26. The zero-order chi connectivity index (χ0) is 18.4. The Morgan fingerprint density at radius 1 is 1.12 bits per heavy atom. The molecular weight excluding hydrogens is 346 g/mol. The van der Waals surface area contributed by atoms with Crippen molar-refractivity contribution in [2.45, 2.75) is 39.0 Å². The van der Waals surface area contributed by atoms with E-state index in [0.717, 1.165) is 37.2 Å². The normalized spacial score (nSPS) is 23.1. The first-order chi connectivity index (χ1) is 12.6. The number of nitrogens with zero attached hydrogens (tertiary/aromatic N) is 2. The van der Waals surface area contributed by atoms with Gasteiger partial charge in [0.25, 0.3) is 0 Å². The third kappa shape index (κ3) is 6.26. The van der Waals surface area contributed by atoms with Crippen LogP contribution in [-0.2, 0) is 4.79 Å². The first kappa shape index (κ1) is 19.7. The molecule has 3 rings (SSSR count). The summed E-state index contributed by atoms with van der Waals surface area (Å²) in [4.78, 5) is 17.3. The van der Waals surface area contributed by atoms with Crippen LogP contribution >= 0.6 is 11.6 Å². The predicted octanol–water partition coefficient (Wildman–Crippen LogP) is 4.11. The van der Waals surface area contributed by atoms with E-state index < -0.39 is 0 Å². The molecule has 1 aromatic carbocycles. The minimum atomic E-state index is 0.0828. The minimum absolute atomic E-state index is 0.0828. The van der Waals surface area contributed by atoms with Crippen molar-refractivity contribution in [1.29, 1.82) is 0 Å². The van der Waals surface area contributed by atoms with Crippen molar-refractivity contribution in [3.8, 4) is 0 Å². The average molecular weight is 378 g/mol. The van der Waals surface area contributed by atoms with Crippen LogP contribution in [0.2, 0.25) is 5.02 Å². The van der Waals surface area contributed by atoms with Crippen molar-refractivity contribution in [2.75, 3.05) is 44.6 Å². The van der Waals surface area contributed by atoms with E-state index in [0.29, 0.717) is 11.4 Å². The molecule has 2 aliphatic heterocycles. The third-order valence-corrected chi connectivity index (χ3v) is 6.03. The van der Waals surface area contributed by atoms with Gasteiger partial charge in [0.05, 0.1) is 0 Å². The molecule has 0 saturated carbocycles. The van der Waals surface area contributed by atoms with E-state index >= 15 is 0 Å². The maximum absolute atomic E-state index is 12.2. The lowest BCUT2D eigenvalue weighted by Crippen LogP contribution is -2.43. The van der Waals surface area contributed by atoms with Gasteiger partial charge in [-0.1, -0.05) is 18.5 Å². The summed E-state index contributed by atoms with van der Waals surface area (Å²) in [6.07, 6.45) is 5.84. The lowest BCUT2D eigenvalue weighted by atomic mass is 9.94. The molecule has 1 N–H and O–H groups in total. The molecule has 2 heterocycles. The number of nitrogens with one attached hydrogen (secondary N) is 1. The van der Waals surface area contributed by atoms with Crippen LogP contribution in [0.15, 0.2) is 24.3 Å². The van der Waals surface area contributed by atoms with Crippen LogP contribution in [0, 0.1) is 11.8 Å². The highest BCUT2D eigenvalue weighted by Crippen LogP contribution is 2.22. The highest BCUT2D eigenvalue weighted by molar-refractivity contribution is 6.30. The first-order valence-electron chi connectivity index (χ1n) is 10.1. The summed E-state index contributed by atoms with van der Waals surface area (Å²) in [5.41, 5.74) is 0.815. The van der Waals surface area contributed by atoms with Crippen LogP contribution in [0.1, 0.15) is 39.0 Å². The summed E-state index contributed by atoms with van der Waals surface area (Å²) >= 11 is 5.88. The van der Waals surface area contributed by atoms with Crippen LogP contribution in [0.5, 0.6) is 0 Å². The fourth-order valence-corrected chi connectivity index (χ4v) is 4.26. The molecule has 1 unspecified atom stereocenters. The Balaban J connectivity index is 1.37. The van der Waals surface area contributed by atoms with Gasteiger partial charge in [0.15, 0.2) is 0 Å². The van der Waals surface area contributed by atoms with Gasteiger partial charge >= 0.3 is 0 Å². The summed E-state index contributed by atoms with van der Waals surface area (Å²) in [5, 5.41) is 3.64. The molecule has 2 aliphatic rings. The van der Waals surface area contributed by atoms with E-state index in [1.807, 2.05) is 12.1 Å². The number of rotatable bonds is 6. The number of amides is 1. The second-order valence-electron chi connectivity index (χ2n) is 8.10. The summed E-state index contributed by atoms with van der Waals surface area (Å²) in [7, 11) is 0. The fraction of sp³-hybridized carbons (Fsp3) is 0.667. The van der Waals surface area contributed by atoms with Gasteiger partial charge < -0.3 is 15.1 Å². The molecular formula is C21H32ClN3O. The van der Waals surface area contributed by atoms with Gasteiger partial charge in [0, 0.05) is 36.8 Å². The second kappa shape index (κ2) is 9.72. The lowest BCUT2D eigenvalue weighted by Gasteiger charge is -2.37. The smallest absolute Gasteiger partial charge is 0.225 e. The lowest BCUT2D eigenvalue weighted by molar-refractivity contribution is -0.116. The molecule has 2 saturated heterocycles. The van der Waals surface area contributed by atoms with E-state index in [9.17, 15) is 4.79 Å². The first-order valence-corrected chi connectivity index (χ1v) is 10.5. The van der Waals surface area contributed by atoms with Gasteiger partial charge in [0.2, 0.25) is 5.91 Å². The topological polar surface area (TPSA) is 35.6 Å². The van der Waals surface area contributed by atoms with Gasteiger partial charge in [-0.05, 0) is 81.4 Å². The Morgan fingerprint density at radius 3 is 2.58 bits per heavy atom. The maximum Gasteiger partial charge on any atom is 0.225 e. The highest BCUT2D eigenvalue weighted by atomic mass is 35.5. The number of hydrogen-bond acceptors (Lipinski definition) is 3. The van der Waals surface area contributed by atoms with Crippen LogP contribution in [0.3, 0.4) is 0 Å². The van der Waals surface area contributed by atoms with Crippen molar-refractivity contribution in [3.63, 3.8) is 0 Å². The Kier molecular flexibility index (Phi) is 7.35. The quantitative estimate of drug-likeness (QED) is 0.810. The largest absolute Gasteiger partial charge is 0.326 e. The summed E-state index contributed by atoms with van der Waals surface area (Å²) in [5.74, 6) is 1.74. The van der Waals surface area contributed by atoms with Crippen molar-refractivity contribution in [3.05, 3.63) is 29.3 Å². The van der Waals surface area contributed by atoms with Gasteiger partial charge in [0.1, 0.15) is 0 Å². The number of piperidine rings is 2. The molecule has 0 aliphatic carbocycles. The fourth-order valence-electron chi connectivity index (χ4n) is 4.13. The molecule has 144 valence electrons. The highest BCUT2D eigenvalue weighted by Gasteiger charge is 2.24. The Bertz CT molecular complexity index is 569. The van der Waals surface area contributed by atoms with Crippen molar-refractivity contribution in [1.82, 2.24) is 9.80 Å². The number of benzene rings is 1. The zero-order valence-corrected chi connectivity index (χ0v) is 16.7. The van der Waals surface area contributed by atoms with E-state index in [1.54, 1.807) is 12.1 Å². The summed E-state index contributed by atoms with van der Waals surface area (Å²) in [6, 6.07) is 7.29. The molecule has 0 spiro atoms. The molecule has 26 heavy (non-hydrogen) atoms. The molecule has 0 bridgehead atoms. The van der Waals surface area contributed by atoms with Crippen molar-refractivity contribution in [2.24, 2.45) is 11.8 Å². The molecule has 4 nitrogen and oxygen atoms in total. The minimum Gasteiger partial charge on any atom is -0.326 e. The molecule has 1 atom stereocenters. The standard InChI is InChI=1S/C21H32ClN3O/c1-17-8-12-25(13-9-17)16-18-3-2-11-24(15-18)14-10-21(26)23-20-6-4-19(22)5-7-20/h4-7,17-18H,2-3,8-16H2,1H3,(H,23,26). The van der Waals surface area contributed by atoms with Crippen LogP contribution in [0.4, 0.5) is 5.69 Å².